The van der Waals surface area contributed by atoms with Crippen LogP contribution in [0.2, 0.25) is 0 Å². The molecule has 1 heterocycles. The van der Waals surface area contributed by atoms with E-state index in [2.05, 4.69) is 15.6 Å². The van der Waals surface area contributed by atoms with Gasteiger partial charge in [0.15, 0.2) is 5.96 Å². The van der Waals surface area contributed by atoms with E-state index in [9.17, 15) is 18.9 Å². The summed E-state index contributed by atoms with van der Waals surface area (Å²) in [5.74, 6) is -0.541. The number of anilines is 1. The van der Waals surface area contributed by atoms with E-state index in [4.69, 9.17) is 0 Å². The molecule has 1 aliphatic heterocycles. The number of benzene rings is 2. The predicted octanol–water partition coefficient (Wildman–Crippen LogP) is 3.21. The van der Waals surface area contributed by atoms with Gasteiger partial charge in [0.2, 0.25) is 0 Å². The summed E-state index contributed by atoms with van der Waals surface area (Å²) in [7, 11) is 0. The van der Waals surface area contributed by atoms with Crippen molar-refractivity contribution in [2.24, 2.45) is 4.99 Å². The van der Waals surface area contributed by atoms with Gasteiger partial charge in [-0.3, -0.25) is 10.1 Å². The maximum absolute atomic E-state index is 14.0. The summed E-state index contributed by atoms with van der Waals surface area (Å²) in [5, 5.41) is 17.2. The van der Waals surface area contributed by atoms with E-state index in [0.717, 1.165) is 12.0 Å². The number of nitro benzene ring substituents is 1. The SMILES string of the molecule is CCNC(=NCc1ccc([N+](=O)[O-])cc1)NC1CCN(c2c(F)cccc2F)C1. The Bertz CT molecular complexity index is 869. The Labute approximate surface area is 167 Å². The Morgan fingerprint density at radius 3 is 2.55 bits per heavy atom. The first-order valence-corrected chi connectivity index (χ1v) is 9.45. The Hall–Kier alpha value is -3.23. The van der Waals surface area contributed by atoms with Gasteiger partial charge < -0.3 is 15.5 Å². The van der Waals surface area contributed by atoms with Crippen LogP contribution in [0.15, 0.2) is 47.5 Å². The number of nitrogens with zero attached hydrogens (tertiary/aromatic N) is 3. The number of rotatable bonds is 6. The van der Waals surface area contributed by atoms with E-state index in [0.29, 0.717) is 32.1 Å². The zero-order valence-corrected chi connectivity index (χ0v) is 16.1. The summed E-state index contributed by atoms with van der Waals surface area (Å²) in [6.45, 7) is 3.95. The minimum Gasteiger partial charge on any atom is -0.365 e. The molecule has 1 saturated heterocycles. The van der Waals surface area contributed by atoms with E-state index in [-0.39, 0.29) is 17.4 Å². The summed E-state index contributed by atoms with van der Waals surface area (Å²) >= 11 is 0. The fourth-order valence-corrected chi connectivity index (χ4v) is 3.28. The molecule has 1 unspecified atom stereocenters. The molecule has 3 rings (SSSR count). The van der Waals surface area contributed by atoms with E-state index in [1.807, 2.05) is 6.92 Å². The van der Waals surface area contributed by atoms with Gasteiger partial charge in [-0.25, -0.2) is 13.8 Å². The number of guanidine groups is 1. The quantitative estimate of drug-likeness (QED) is 0.335. The smallest absolute Gasteiger partial charge is 0.269 e. The highest BCUT2D eigenvalue weighted by Crippen LogP contribution is 2.26. The minimum absolute atomic E-state index is 0.00428. The van der Waals surface area contributed by atoms with Gasteiger partial charge in [-0.1, -0.05) is 18.2 Å². The highest BCUT2D eigenvalue weighted by Gasteiger charge is 2.27. The molecule has 154 valence electrons. The fourth-order valence-electron chi connectivity index (χ4n) is 3.28. The molecule has 29 heavy (non-hydrogen) atoms. The zero-order chi connectivity index (χ0) is 20.8. The van der Waals surface area contributed by atoms with Crippen LogP contribution in [0, 0.1) is 21.7 Å². The monoisotopic (exact) mass is 403 g/mol. The summed E-state index contributed by atoms with van der Waals surface area (Å²) in [4.78, 5) is 16.5. The molecular weight excluding hydrogens is 380 g/mol. The van der Waals surface area contributed by atoms with E-state index in [1.54, 1.807) is 17.0 Å². The van der Waals surface area contributed by atoms with Crippen molar-refractivity contribution < 1.29 is 13.7 Å². The van der Waals surface area contributed by atoms with Crippen molar-refractivity contribution in [3.8, 4) is 0 Å². The molecule has 2 aromatic rings. The molecule has 0 spiro atoms. The molecule has 0 saturated carbocycles. The van der Waals surface area contributed by atoms with Crippen molar-refractivity contribution in [3.05, 3.63) is 69.8 Å². The Kier molecular flexibility index (Phi) is 6.58. The molecule has 1 fully saturated rings. The number of halogens is 2. The summed E-state index contributed by atoms with van der Waals surface area (Å²) in [5.41, 5.74) is 0.882. The Morgan fingerprint density at radius 2 is 1.93 bits per heavy atom. The van der Waals surface area contributed by atoms with Crippen molar-refractivity contribution in [1.29, 1.82) is 0 Å². The maximum atomic E-state index is 14.0. The predicted molar refractivity (Wildman–Crippen MR) is 108 cm³/mol. The maximum Gasteiger partial charge on any atom is 0.269 e. The standard InChI is InChI=1S/C20H23F2N5O2/c1-2-23-20(24-12-14-6-8-16(9-7-14)27(28)29)25-15-10-11-26(13-15)19-17(21)4-3-5-18(19)22/h3-9,15H,2,10-13H2,1H3,(H2,23,24,25). The number of non-ortho nitro benzene ring substituents is 1. The molecule has 1 atom stereocenters. The van der Waals surface area contributed by atoms with Crippen LogP contribution in [0.25, 0.3) is 0 Å². The van der Waals surface area contributed by atoms with Crippen molar-refractivity contribution in [2.45, 2.75) is 25.9 Å². The molecule has 0 aliphatic carbocycles. The molecule has 2 N–H and O–H groups in total. The first-order valence-electron chi connectivity index (χ1n) is 9.45. The van der Waals surface area contributed by atoms with Gasteiger partial charge in [0.1, 0.15) is 17.3 Å². The topological polar surface area (TPSA) is 82.8 Å². The van der Waals surface area contributed by atoms with Gasteiger partial charge in [0.25, 0.3) is 5.69 Å². The van der Waals surface area contributed by atoms with Gasteiger partial charge in [-0.15, -0.1) is 0 Å². The average molecular weight is 403 g/mol. The normalized spacial score (nSPS) is 16.7. The minimum atomic E-state index is -0.565. The van der Waals surface area contributed by atoms with Crippen molar-refractivity contribution in [3.63, 3.8) is 0 Å². The molecule has 2 aromatic carbocycles. The number of aliphatic imine (C=N–C) groups is 1. The third-order valence-electron chi connectivity index (χ3n) is 4.69. The number of hydrogen-bond acceptors (Lipinski definition) is 4. The second kappa shape index (κ2) is 9.31. The lowest BCUT2D eigenvalue weighted by Gasteiger charge is -2.21. The van der Waals surface area contributed by atoms with Crippen molar-refractivity contribution in [1.82, 2.24) is 10.6 Å². The van der Waals surface area contributed by atoms with Crippen LogP contribution in [0.3, 0.4) is 0 Å². The lowest BCUT2D eigenvalue weighted by atomic mass is 10.2. The molecule has 1 aliphatic rings. The molecule has 0 bridgehead atoms. The zero-order valence-electron chi connectivity index (χ0n) is 16.1. The average Bonchev–Trinajstić information content (AvgIpc) is 3.14. The third kappa shape index (κ3) is 5.18. The van der Waals surface area contributed by atoms with Gasteiger partial charge in [-0.2, -0.15) is 0 Å². The lowest BCUT2D eigenvalue weighted by molar-refractivity contribution is -0.384. The van der Waals surface area contributed by atoms with Crippen LogP contribution in [-0.4, -0.2) is 36.6 Å². The lowest BCUT2D eigenvalue weighted by Crippen LogP contribution is -2.44. The highest BCUT2D eigenvalue weighted by molar-refractivity contribution is 5.80. The second-order valence-corrected chi connectivity index (χ2v) is 6.76. The molecule has 0 aromatic heterocycles. The summed E-state index contributed by atoms with van der Waals surface area (Å²) < 4.78 is 28.0. The summed E-state index contributed by atoms with van der Waals surface area (Å²) in [6, 6.07) is 10.1. The van der Waals surface area contributed by atoms with Crippen LogP contribution in [0.5, 0.6) is 0 Å². The van der Waals surface area contributed by atoms with Gasteiger partial charge in [0, 0.05) is 37.8 Å². The number of nitro groups is 1. The molecular formula is C20H23F2N5O2. The molecule has 0 amide bonds. The van der Waals surface area contributed by atoms with Crippen LogP contribution in [0.4, 0.5) is 20.2 Å². The number of nitrogens with one attached hydrogen (secondary N) is 2. The van der Waals surface area contributed by atoms with Gasteiger partial charge >= 0.3 is 0 Å². The second-order valence-electron chi connectivity index (χ2n) is 6.76. The highest BCUT2D eigenvalue weighted by atomic mass is 19.1. The van der Waals surface area contributed by atoms with Crippen LogP contribution in [0.1, 0.15) is 18.9 Å². The van der Waals surface area contributed by atoms with E-state index < -0.39 is 16.6 Å². The Morgan fingerprint density at radius 1 is 1.24 bits per heavy atom. The van der Waals surface area contributed by atoms with E-state index in [1.165, 1.54) is 30.3 Å². The third-order valence-corrected chi connectivity index (χ3v) is 4.69. The molecule has 7 nitrogen and oxygen atoms in total. The largest absolute Gasteiger partial charge is 0.365 e. The molecule has 9 heteroatoms. The number of hydrogen-bond donors (Lipinski definition) is 2. The van der Waals surface area contributed by atoms with Crippen LogP contribution >= 0.6 is 0 Å². The van der Waals surface area contributed by atoms with Crippen molar-refractivity contribution in [2.75, 3.05) is 24.5 Å². The summed E-state index contributed by atoms with van der Waals surface area (Å²) in [6.07, 6.45) is 0.718. The van der Waals surface area contributed by atoms with Gasteiger partial charge in [-0.05, 0) is 31.0 Å². The first-order chi connectivity index (χ1) is 14.0. The fraction of sp³-hybridized carbons (Fsp3) is 0.350. The van der Waals surface area contributed by atoms with E-state index >= 15 is 0 Å². The van der Waals surface area contributed by atoms with Crippen LogP contribution in [-0.2, 0) is 6.54 Å². The molecule has 0 radical (unpaired) electrons. The Balaban J connectivity index is 1.63. The number of para-hydroxylation sites is 1. The van der Waals surface area contributed by atoms with Crippen molar-refractivity contribution >= 4 is 17.3 Å². The van der Waals surface area contributed by atoms with Crippen LogP contribution < -0.4 is 15.5 Å². The van der Waals surface area contributed by atoms with Gasteiger partial charge in [0.05, 0.1) is 11.5 Å². The first kappa shape index (κ1) is 20.5.